The summed E-state index contributed by atoms with van der Waals surface area (Å²) in [5.74, 6) is 0. The van der Waals surface area contributed by atoms with E-state index >= 15 is 0 Å². The molecular weight excluding hydrogens is 137 g/mol. The molecule has 1 unspecified atom stereocenters. The van der Waals surface area contributed by atoms with Crippen LogP contribution in [0, 0.1) is 5.21 Å². The predicted octanol–water partition coefficient (Wildman–Crippen LogP) is 0.527. The van der Waals surface area contributed by atoms with Crippen LogP contribution in [0.5, 0.6) is 0 Å². The van der Waals surface area contributed by atoms with Gasteiger partial charge in [-0.15, -0.1) is 0 Å². The van der Waals surface area contributed by atoms with Crippen LogP contribution in [0.3, 0.4) is 0 Å². The second-order valence-corrected chi connectivity index (χ2v) is 1.24. The van der Waals surface area contributed by atoms with E-state index in [0.29, 0.717) is 0 Å². The van der Waals surface area contributed by atoms with Crippen molar-refractivity contribution in [3.63, 3.8) is 0 Å². The van der Waals surface area contributed by atoms with E-state index in [0.717, 1.165) is 4.73 Å². The van der Waals surface area contributed by atoms with Crippen molar-refractivity contribution in [1.82, 2.24) is 0 Å². The van der Waals surface area contributed by atoms with Gasteiger partial charge in [0.25, 0.3) is 0 Å². The molecule has 4 heteroatoms. The van der Waals surface area contributed by atoms with Crippen molar-refractivity contribution in [2.24, 2.45) is 0 Å². The number of pyridine rings is 1. The molecule has 48 valence electrons. The molecule has 0 bridgehead atoms. The molecule has 0 fully saturated rings. The summed E-state index contributed by atoms with van der Waals surface area (Å²) in [6.45, 7) is 0. The zero-order valence-corrected chi connectivity index (χ0v) is 5.88. The van der Waals surface area contributed by atoms with Crippen LogP contribution in [0.4, 0.5) is 0 Å². The van der Waals surface area contributed by atoms with Gasteiger partial charge >= 0.3 is 9.12 Å². The van der Waals surface area contributed by atoms with Gasteiger partial charge in [0, 0.05) is 12.1 Å². The smallest absolute Gasteiger partial charge is 0.310 e. The number of rotatable bonds is 0. The summed E-state index contributed by atoms with van der Waals surface area (Å²) >= 11 is 0. The Morgan fingerprint density at radius 3 is 1.78 bits per heavy atom. The van der Waals surface area contributed by atoms with Crippen LogP contribution >= 0.6 is 9.12 Å². The summed E-state index contributed by atoms with van der Waals surface area (Å²) in [6, 6.07) is 5.18. The highest BCUT2D eigenvalue weighted by Crippen LogP contribution is 1.72. The molecule has 0 N–H and O–H groups in total. The van der Waals surface area contributed by atoms with Gasteiger partial charge in [-0.05, 0) is 0 Å². The summed E-state index contributed by atoms with van der Waals surface area (Å²) in [5, 5.41) is 10.2. The van der Waals surface area contributed by atoms with Crippen LogP contribution in [-0.4, -0.2) is 0 Å². The van der Waals surface area contributed by atoms with E-state index in [1.54, 1.807) is 18.2 Å². The number of nitrogens with zero attached hydrogens (tertiary/aromatic N) is 1. The molecule has 0 radical (unpaired) electrons. The molecule has 1 atom stereocenters. The van der Waals surface area contributed by atoms with E-state index in [-0.39, 0.29) is 0 Å². The first-order chi connectivity index (χ1) is 4.39. The fourth-order valence-corrected chi connectivity index (χ4v) is 0.383. The zero-order valence-electron chi connectivity index (χ0n) is 4.73. The quantitative estimate of drug-likeness (QED) is 0.303. The Labute approximate surface area is 55.2 Å². The first-order valence-electron chi connectivity index (χ1n) is 2.27. The lowest BCUT2D eigenvalue weighted by Gasteiger charge is -1.88. The van der Waals surface area contributed by atoms with E-state index < -0.39 is 0 Å². The third kappa shape index (κ3) is 3.62. The van der Waals surface area contributed by atoms with Crippen molar-refractivity contribution >= 4 is 9.12 Å². The van der Waals surface area contributed by atoms with Gasteiger partial charge in [-0.1, -0.05) is 10.6 Å². The Kier molecular flexibility index (Phi) is 4.64. The molecule has 0 aliphatic heterocycles. The second kappa shape index (κ2) is 5.19. The zero-order chi connectivity index (χ0) is 7.11. The lowest BCUT2D eigenvalue weighted by Crippen LogP contribution is -2.22. The molecule has 3 nitrogen and oxygen atoms in total. The SMILES string of the molecule is O=[PH2+].[O-][n+]1ccccc1. The molecule has 1 aromatic rings. The van der Waals surface area contributed by atoms with Crippen molar-refractivity contribution in [3.8, 4) is 0 Å². The Morgan fingerprint density at radius 1 is 1.11 bits per heavy atom. The summed E-state index contributed by atoms with van der Waals surface area (Å²) < 4.78 is 8.92. The van der Waals surface area contributed by atoms with Gasteiger partial charge in [-0.25, -0.2) is 0 Å². The highest BCUT2D eigenvalue weighted by Gasteiger charge is 1.74. The van der Waals surface area contributed by atoms with Gasteiger partial charge in [0.2, 0.25) is 0 Å². The molecular formula is C5H7NO2P+. The standard InChI is InChI=1S/C5H5NO.H2OP/c7-6-4-2-1-3-5-6;1-2/h1-5H;2H2/q;+1. The maximum atomic E-state index is 10.2. The third-order valence-electron chi connectivity index (χ3n) is 0.688. The molecule has 9 heavy (non-hydrogen) atoms. The van der Waals surface area contributed by atoms with Crippen molar-refractivity contribution in [1.29, 1.82) is 0 Å². The van der Waals surface area contributed by atoms with Crippen LogP contribution in [0.1, 0.15) is 0 Å². The van der Waals surface area contributed by atoms with Crippen molar-refractivity contribution < 1.29 is 9.30 Å². The number of aromatic nitrogens is 1. The molecule has 0 saturated heterocycles. The van der Waals surface area contributed by atoms with Crippen molar-refractivity contribution in [3.05, 3.63) is 35.8 Å². The maximum Gasteiger partial charge on any atom is 0.310 e. The fraction of sp³-hybridized carbons (Fsp3) is 0. The van der Waals surface area contributed by atoms with Crippen LogP contribution in [0.2, 0.25) is 0 Å². The van der Waals surface area contributed by atoms with Gasteiger partial charge in [-0.2, -0.15) is 4.73 Å². The van der Waals surface area contributed by atoms with Gasteiger partial charge in [0.1, 0.15) is 0 Å². The highest BCUT2D eigenvalue weighted by molar-refractivity contribution is 7.00. The highest BCUT2D eigenvalue weighted by atomic mass is 31.0. The van der Waals surface area contributed by atoms with Crippen LogP contribution in [0.15, 0.2) is 30.6 Å². The van der Waals surface area contributed by atoms with E-state index in [2.05, 4.69) is 0 Å². The summed E-state index contributed by atoms with van der Waals surface area (Å²) in [6.07, 6.45) is 2.89. The Bertz CT molecular complexity index is 156. The van der Waals surface area contributed by atoms with E-state index in [1.807, 2.05) is 0 Å². The van der Waals surface area contributed by atoms with Crippen LogP contribution in [-0.2, 0) is 4.57 Å². The van der Waals surface area contributed by atoms with Gasteiger partial charge in [0.15, 0.2) is 12.4 Å². The second-order valence-electron chi connectivity index (χ2n) is 1.24. The number of hydrogen-bond donors (Lipinski definition) is 0. The molecule has 0 saturated carbocycles. The third-order valence-corrected chi connectivity index (χ3v) is 0.688. The molecule has 1 aromatic heterocycles. The molecule has 0 spiro atoms. The lowest BCUT2D eigenvalue weighted by atomic mass is 10.5. The minimum Gasteiger partial charge on any atom is -0.619 e. The average Bonchev–Trinajstić information content (AvgIpc) is 1.94. The molecule has 0 amide bonds. The largest absolute Gasteiger partial charge is 0.619 e. The summed E-state index contributed by atoms with van der Waals surface area (Å²) in [5.41, 5.74) is 0. The van der Waals surface area contributed by atoms with E-state index in [9.17, 15) is 5.21 Å². The van der Waals surface area contributed by atoms with Gasteiger partial charge < -0.3 is 5.21 Å². The average molecular weight is 144 g/mol. The fourth-order valence-electron chi connectivity index (χ4n) is 0.383. The molecule has 0 aliphatic rings. The lowest BCUT2D eigenvalue weighted by molar-refractivity contribution is -0.605. The minimum absolute atomic E-state index is 0.750. The first kappa shape index (κ1) is 8.05. The van der Waals surface area contributed by atoms with Crippen LogP contribution in [0.25, 0.3) is 0 Å². The van der Waals surface area contributed by atoms with E-state index in [1.165, 1.54) is 21.5 Å². The van der Waals surface area contributed by atoms with E-state index in [4.69, 9.17) is 4.57 Å². The Morgan fingerprint density at radius 2 is 1.56 bits per heavy atom. The summed E-state index contributed by atoms with van der Waals surface area (Å²) in [4.78, 5) is 0. The van der Waals surface area contributed by atoms with Crippen molar-refractivity contribution in [2.75, 3.05) is 0 Å². The van der Waals surface area contributed by atoms with Gasteiger partial charge in [-0.3, -0.25) is 0 Å². The first-order valence-corrected chi connectivity index (χ1v) is 2.74. The van der Waals surface area contributed by atoms with Gasteiger partial charge in [0.05, 0.1) is 0 Å². The number of hydrogen-bond acceptors (Lipinski definition) is 2. The Balaban J connectivity index is 0.000000291. The molecule has 0 aromatic carbocycles. The maximum absolute atomic E-state index is 10.2. The minimum atomic E-state index is 0.750. The topological polar surface area (TPSA) is 44.0 Å². The van der Waals surface area contributed by atoms with Crippen molar-refractivity contribution in [2.45, 2.75) is 0 Å². The monoisotopic (exact) mass is 144 g/mol. The summed E-state index contributed by atoms with van der Waals surface area (Å²) in [7, 11) is 1.17. The molecule has 1 rings (SSSR count). The predicted molar refractivity (Wildman–Crippen MR) is 35.8 cm³/mol. The molecule has 1 heterocycles. The Hall–Kier alpha value is -0.950. The molecule has 0 aliphatic carbocycles. The normalized spacial score (nSPS) is 7.11. The van der Waals surface area contributed by atoms with Crippen LogP contribution < -0.4 is 4.73 Å².